The summed E-state index contributed by atoms with van der Waals surface area (Å²) in [6.45, 7) is 10.9. The predicted octanol–water partition coefficient (Wildman–Crippen LogP) is 2.58. The lowest BCUT2D eigenvalue weighted by atomic mass is 9.55. The smallest absolute Gasteiger partial charge is 0.317 e. The van der Waals surface area contributed by atoms with E-state index in [4.69, 9.17) is 9.26 Å². The molecule has 0 saturated heterocycles. The summed E-state index contributed by atoms with van der Waals surface area (Å²) in [7, 11) is 3.56. The first-order chi connectivity index (χ1) is 11.1. The van der Waals surface area contributed by atoms with E-state index in [1.807, 2.05) is 20.9 Å². The molecule has 1 heterocycles. The minimum absolute atomic E-state index is 0.0881. The summed E-state index contributed by atoms with van der Waals surface area (Å²) < 4.78 is 10.8. The molecule has 136 valence electrons. The van der Waals surface area contributed by atoms with Gasteiger partial charge in [0.2, 0.25) is 5.89 Å². The van der Waals surface area contributed by atoms with Gasteiger partial charge < -0.3 is 19.5 Å². The van der Waals surface area contributed by atoms with Crippen LogP contribution in [0.4, 0.5) is 4.79 Å². The molecule has 0 radical (unpaired) electrons. The molecule has 1 aliphatic carbocycles. The molecule has 2 amide bonds. The fourth-order valence-corrected chi connectivity index (χ4v) is 3.22. The van der Waals surface area contributed by atoms with Gasteiger partial charge in [-0.3, -0.25) is 0 Å². The second kappa shape index (κ2) is 6.70. The molecule has 2 rings (SSSR count). The lowest BCUT2D eigenvalue weighted by Crippen LogP contribution is -2.69. The van der Waals surface area contributed by atoms with Crippen molar-refractivity contribution in [1.29, 1.82) is 0 Å². The monoisotopic (exact) mass is 338 g/mol. The number of amides is 2. The van der Waals surface area contributed by atoms with Crippen LogP contribution in [0.5, 0.6) is 0 Å². The van der Waals surface area contributed by atoms with Crippen LogP contribution >= 0.6 is 0 Å². The van der Waals surface area contributed by atoms with Crippen LogP contribution in [0.3, 0.4) is 0 Å². The van der Waals surface area contributed by atoms with Crippen molar-refractivity contribution in [1.82, 2.24) is 20.4 Å². The molecule has 0 bridgehead atoms. The van der Waals surface area contributed by atoms with Crippen LogP contribution in [-0.4, -0.2) is 53.4 Å². The standard InChI is InChI=1S/C17H30N4O3/c1-11(2)14-19-13(24-20-14)8-9-18-15(22)21(6)12-10-17(5,23-7)16(12,3)4/h11-12H,8-10H2,1-7H3,(H,18,22). The molecule has 1 fully saturated rings. The number of methoxy groups -OCH3 is 1. The molecule has 7 heteroatoms. The predicted molar refractivity (Wildman–Crippen MR) is 90.9 cm³/mol. The Balaban J connectivity index is 1.82. The molecule has 2 atom stereocenters. The average Bonchev–Trinajstić information content (AvgIpc) is 3.00. The van der Waals surface area contributed by atoms with Crippen LogP contribution in [0.25, 0.3) is 0 Å². The van der Waals surface area contributed by atoms with Crippen LogP contribution in [0, 0.1) is 5.41 Å². The Morgan fingerprint density at radius 2 is 2.12 bits per heavy atom. The van der Waals surface area contributed by atoms with Crippen molar-refractivity contribution in [2.24, 2.45) is 5.41 Å². The molecule has 24 heavy (non-hydrogen) atoms. The zero-order valence-corrected chi connectivity index (χ0v) is 15.8. The van der Waals surface area contributed by atoms with E-state index in [0.717, 1.165) is 6.42 Å². The van der Waals surface area contributed by atoms with Gasteiger partial charge in [-0.15, -0.1) is 0 Å². The Morgan fingerprint density at radius 3 is 2.62 bits per heavy atom. The molecule has 0 aromatic carbocycles. The molecule has 2 unspecified atom stereocenters. The van der Waals surface area contributed by atoms with Gasteiger partial charge in [-0.1, -0.05) is 32.9 Å². The number of nitrogens with one attached hydrogen (secondary N) is 1. The maximum atomic E-state index is 12.4. The number of hydrogen-bond acceptors (Lipinski definition) is 5. The van der Waals surface area contributed by atoms with Crippen LogP contribution in [0.1, 0.15) is 58.7 Å². The molecule has 1 aromatic heterocycles. The van der Waals surface area contributed by atoms with Crippen molar-refractivity contribution in [3.8, 4) is 0 Å². The minimum Gasteiger partial charge on any atom is -0.378 e. The largest absolute Gasteiger partial charge is 0.378 e. The van der Waals surface area contributed by atoms with Gasteiger partial charge in [-0.2, -0.15) is 4.98 Å². The molecule has 0 aliphatic heterocycles. The van der Waals surface area contributed by atoms with Gasteiger partial charge in [-0.25, -0.2) is 4.79 Å². The van der Waals surface area contributed by atoms with Gasteiger partial charge in [0, 0.05) is 44.5 Å². The van der Waals surface area contributed by atoms with Crippen molar-refractivity contribution in [2.45, 2.75) is 65.0 Å². The molecule has 1 aromatic rings. The highest BCUT2D eigenvalue weighted by molar-refractivity contribution is 5.74. The van der Waals surface area contributed by atoms with E-state index in [9.17, 15) is 4.79 Å². The van der Waals surface area contributed by atoms with Gasteiger partial charge in [0.05, 0.1) is 5.60 Å². The van der Waals surface area contributed by atoms with E-state index >= 15 is 0 Å². The van der Waals surface area contributed by atoms with E-state index in [1.165, 1.54) is 0 Å². The van der Waals surface area contributed by atoms with Crippen molar-refractivity contribution < 1.29 is 14.1 Å². The van der Waals surface area contributed by atoms with E-state index in [1.54, 1.807) is 12.0 Å². The highest BCUT2D eigenvalue weighted by Gasteiger charge is 2.59. The highest BCUT2D eigenvalue weighted by atomic mass is 16.5. The van der Waals surface area contributed by atoms with Gasteiger partial charge in [0.1, 0.15) is 0 Å². The Morgan fingerprint density at radius 1 is 1.46 bits per heavy atom. The summed E-state index contributed by atoms with van der Waals surface area (Å²) in [5.41, 5.74) is -0.282. The number of ether oxygens (including phenoxy) is 1. The third-order valence-electron chi connectivity index (χ3n) is 5.63. The zero-order valence-electron chi connectivity index (χ0n) is 15.8. The average molecular weight is 338 g/mol. The summed E-state index contributed by atoms with van der Waals surface area (Å²) in [5.74, 6) is 1.49. The Kier molecular flexibility index (Phi) is 5.22. The van der Waals surface area contributed by atoms with Crippen molar-refractivity contribution >= 4 is 6.03 Å². The number of nitrogens with zero attached hydrogens (tertiary/aromatic N) is 3. The Hall–Kier alpha value is -1.63. The molecule has 1 N–H and O–H groups in total. The molecule has 1 aliphatic rings. The van der Waals surface area contributed by atoms with Gasteiger partial charge in [0.25, 0.3) is 0 Å². The van der Waals surface area contributed by atoms with Crippen molar-refractivity contribution in [3.63, 3.8) is 0 Å². The molecule has 0 spiro atoms. The van der Waals surface area contributed by atoms with E-state index in [2.05, 4.69) is 36.2 Å². The number of carbonyl (C=O) groups is 1. The maximum Gasteiger partial charge on any atom is 0.317 e. The summed E-state index contributed by atoms with van der Waals surface area (Å²) >= 11 is 0. The molecular formula is C17H30N4O3. The maximum absolute atomic E-state index is 12.4. The lowest BCUT2D eigenvalue weighted by molar-refractivity contribution is -0.198. The fraction of sp³-hybridized carbons (Fsp3) is 0.824. The van der Waals surface area contributed by atoms with Crippen LogP contribution in [0.2, 0.25) is 0 Å². The summed E-state index contributed by atoms with van der Waals surface area (Å²) in [6, 6.07) is 0.0632. The first kappa shape index (κ1) is 18.7. The van der Waals surface area contributed by atoms with E-state index in [-0.39, 0.29) is 29.0 Å². The topological polar surface area (TPSA) is 80.5 Å². The number of hydrogen-bond donors (Lipinski definition) is 1. The minimum atomic E-state index is -0.191. The van der Waals surface area contributed by atoms with Crippen LogP contribution < -0.4 is 5.32 Å². The van der Waals surface area contributed by atoms with Crippen LogP contribution in [0.15, 0.2) is 4.52 Å². The second-order valence-electron chi connectivity index (χ2n) is 7.67. The lowest BCUT2D eigenvalue weighted by Gasteiger charge is -2.61. The third-order valence-corrected chi connectivity index (χ3v) is 5.63. The van der Waals surface area contributed by atoms with Gasteiger partial charge in [-0.05, 0) is 13.3 Å². The first-order valence-electron chi connectivity index (χ1n) is 8.50. The number of urea groups is 1. The van der Waals surface area contributed by atoms with E-state index in [0.29, 0.717) is 24.7 Å². The van der Waals surface area contributed by atoms with Gasteiger partial charge in [0.15, 0.2) is 5.82 Å². The van der Waals surface area contributed by atoms with Crippen molar-refractivity contribution in [3.05, 3.63) is 11.7 Å². The second-order valence-corrected chi connectivity index (χ2v) is 7.67. The summed E-state index contributed by atoms with van der Waals surface area (Å²) in [4.78, 5) is 18.5. The summed E-state index contributed by atoms with van der Waals surface area (Å²) in [6.07, 6.45) is 1.37. The molecule has 1 saturated carbocycles. The fourth-order valence-electron chi connectivity index (χ4n) is 3.22. The van der Waals surface area contributed by atoms with Crippen LogP contribution in [-0.2, 0) is 11.2 Å². The number of aromatic nitrogens is 2. The van der Waals surface area contributed by atoms with Crippen molar-refractivity contribution in [2.75, 3.05) is 20.7 Å². The Labute approximate surface area is 144 Å². The summed E-state index contributed by atoms with van der Waals surface area (Å²) in [5, 5.41) is 6.84. The molecular weight excluding hydrogens is 308 g/mol. The molecule has 7 nitrogen and oxygen atoms in total. The quantitative estimate of drug-likeness (QED) is 0.862. The van der Waals surface area contributed by atoms with Gasteiger partial charge >= 0.3 is 6.03 Å². The normalized spacial score (nSPS) is 25.4. The van der Waals surface area contributed by atoms with E-state index < -0.39 is 0 Å². The highest BCUT2D eigenvalue weighted by Crippen LogP contribution is 2.53. The number of rotatable bonds is 6. The zero-order chi connectivity index (χ0) is 18.1. The SMILES string of the molecule is COC1(C)CC(N(C)C(=O)NCCc2nc(C(C)C)no2)C1(C)C. The number of carbonyl (C=O) groups excluding carboxylic acids is 1. The Bertz CT molecular complexity index is 584. The first-order valence-corrected chi connectivity index (χ1v) is 8.50. The third kappa shape index (κ3) is 3.27.